The lowest BCUT2D eigenvalue weighted by Crippen LogP contribution is -2.51. The summed E-state index contributed by atoms with van der Waals surface area (Å²) in [5, 5.41) is 16.2. The molecule has 2 unspecified atom stereocenters. The van der Waals surface area contributed by atoms with E-state index in [2.05, 4.69) is 74.6 Å². The number of aliphatic hydroxyl groups is 1. The molecule has 0 aliphatic carbocycles. The number of nitrogens with one attached hydrogen (secondary N) is 1. The molecule has 0 amide bonds. The van der Waals surface area contributed by atoms with Crippen molar-refractivity contribution in [3.8, 4) is 0 Å². The Morgan fingerprint density at radius 2 is 1.70 bits per heavy atom. The van der Waals surface area contributed by atoms with E-state index in [1.165, 1.54) is 15.9 Å². The first-order chi connectivity index (χ1) is 12.7. The van der Waals surface area contributed by atoms with E-state index in [1.807, 2.05) is 13.0 Å². The van der Waals surface area contributed by atoms with Crippen LogP contribution in [-0.2, 0) is 9.84 Å². The van der Waals surface area contributed by atoms with Crippen LogP contribution < -0.4 is 15.7 Å². The van der Waals surface area contributed by atoms with Gasteiger partial charge in [0.2, 0.25) is 0 Å². The zero-order valence-electron chi connectivity index (χ0n) is 17.0. The maximum Gasteiger partial charge on any atom is 0.282 e. The Bertz CT molecular complexity index is 722. The van der Waals surface area contributed by atoms with Gasteiger partial charge in [-0.15, -0.1) is 0 Å². The molecule has 145 valence electrons. The fourth-order valence-corrected chi connectivity index (χ4v) is 5.71. The van der Waals surface area contributed by atoms with E-state index in [9.17, 15) is 5.11 Å². The molecular formula is C23H32NO2Si. The topological polar surface area (TPSA) is 41.5 Å². The maximum absolute atomic E-state index is 10.3. The molecule has 1 saturated heterocycles. The summed E-state index contributed by atoms with van der Waals surface area (Å²) in [5.41, 5.74) is 0.853. The molecule has 1 radical (unpaired) electrons. The summed E-state index contributed by atoms with van der Waals surface area (Å²) >= 11 is 0. The smallest absolute Gasteiger partial charge is 0.282 e. The molecule has 2 aromatic rings. The van der Waals surface area contributed by atoms with Crippen LogP contribution in [0, 0.1) is 5.92 Å². The summed E-state index contributed by atoms with van der Waals surface area (Å²) in [6.45, 7) is 10.9. The van der Waals surface area contributed by atoms with Crippen molar-refractivity contribution in [2.45, 2.75) is 45.1 Å². The standard InChI is InChI=1S/C23H32NO2Si/c1-22(2,3)19-10-12-21(13-11-19)27(20-8-6-5-7-9-20)26-16-18-14-23(4,25)17-24-15-18/h5-13,18,24-25H,14-17H2,1-4H3. The van der Waals surface area contributed by atoms with Crippen LogP contribution in [0.3, 0.4) is 0 Å². The first-order valence-electron chi connectivity index (χ1n) is 9.84. The van der Waals surface area contributed by atoms with Gasteiger partial charge in [0.25, 0.3) is 9.04 Å². The van der Waals surface area contributed by atoms with Crippen LogP contribution in [-0.4, -0.2) is 39.4 Å². The normalized spacial score (nSPS) is 23.6. The largest absolute Gasteiger partial charge is 0.407 e. The number of piperidine rings is 1. The third-order valence-electron chi connectivity index (χ3n) is 5.18. The summed E-state index contributed by atoms with van der Waals surface area (Å²) in [5.74, 6) is 0.339. The minimum Gasteiger partial charge on any atom is -0.407 e. The zero-order chi connectivity index (χ0) is 19.5. The van der Waals surface area contributed by atoms with E-state index in [1.54, 1.807) is 0 Å². The fourth-order valence-electron chi connectivity index (χ4n) is 3.68. The average molecular weight is 383 g/mol. The van der Waals surface area contributed by atoms with Gasteiger partial charge in [0.1, 0.15) is 0 Å². The zero-order valence-corrected chi connectivity index (χ0v) is 18.0. The predicted octanol–water partition coefficient (Wildman–Crippen LogP) is 2.47. The van der Waals surface area contributed by atoms with Crippen LogP contribution in [0.15, 0.2) is 54.6 Å². The minimum absolute atomic E-state index is 0.151. The number of β-amino-alcohol motifs (C(OH)–C–C–N with tert-alkyl or cyclic N) is 1. The first-order valence-corrected chi connectivity index (χ1v) is 11.2. The van der Waals surface area contributed by atoms with Crippen molar-refractivity contribution < 1.29 is 9.53 Å². The highest BCUT2D eigenvalue weighted by Crippen LogP contribution is 2.22. The van der Waals surface area contributed by atoms with Crippen molar-refractivity contribution in [3.05, 3.63) is 60.2 Å². The van der Waals surface area contributed by atoms with E-state index < -0.39 is 14.6 Å². The highest BCUT2D eigenvalue weighted by molar-refractivity contribution is 6.80. The molecule has 1 aliphatic rings. The van der Waals surface area contributed by atoms with E-state index in [0.717, 1.165) is 13.0 Å². The van der Waals surface area contributed by atoms with Crippen molar-refractivity contribution in [2.75, 3.05) is 19.7 Å². The van der Waals surface area contributed by atoms with Gasteiger partial charge < -0.3 is 14.8 Å². The van der Waals surface area contributed by atoms with Crippen molar-refractivity contribution in [2.24, 2.45) is 5.92 Å². The number of benzene rings is 2. The Morgan fingerprint density at radius 3 is 2.30 bits per heavy atom. The molecule has 1 aliphatic heterocycles. The Kier molecular flexibility index (Phi) is 6.21. The van der Waals surface area contributed by atoms with Crippen LogP contribution in [0.2, 0.25) is 0 Å². The van der Waals surface area contributed by atoms with Gasteiger partial charge in [-0.25, -0.2) is 0 Å². The van der Waals surface area contributed by atoms with E-state index in [0.29, 0.717) is 19.1 Å². The lowest BCUT2D eigenvalue weighted by molar-refractivity contribution is 0.00486. The van der Waals surface area contributed by atoms with Gasteiger partial charge in [-0.2, -0.15) is 0 Å². The van der Waals surface area contributed by atoms with Gasteiger partial charge in [-0.3, -0.25) is 0 Å². The molecule has 0 spiro atoms. The average Bonchev–Trinajstić information content (AvgIpc) is 2.62. The number of hydrogen-bond donors (Lipinski definition) is 2. The Labute approximate surface area is 165 Å². The van der Waals surface area contributed by atoms with Crippen LogP contribution in [0.5, 0.6) is 0 Å². The Hall–Kier alpha value is -1.46. The molecule has 2 aromatic carbocycles. The molecule has 0 aromatic heterocycles. The van der Waals surface area contributed by atoms with Gasteiger partial charge >= 0.3 is 0 Å². The Balaban J connectivity index is 1.78. The maximum atomic E-state index is 10.3. The third kappa shape index (κ3) is 5.52. The van der Waals surface area contributed by atoms with Gasteiger partial charge in [0.15, 0.2) is 0 Å². The van der Waals surface area contributed by atoms with E-state index >= 15 is 0 Å². The quantitative estimate of drug-likeness (QED) is 0.781. The molecule has 4 heteroatoms. The van der Waals surface area contributed by atoms with Crippen molar-refractivity contribution in [1.29, 1.82) is 0 Å². The van der Waals surface area contributed by atoms with Gasteiger partial charge in [-0.1, -0.05) is 75.4 Å². The lowest BCUT2D eigenvalue weighted by atomic mass is 9.87. The summed E-state index contributed by atoms with van der Waals surface area (Å²) in [7, 11) is -1.31. The van der Waals surface area contributed by atoms with Crippen molar-refractivity contribution in [1.82, 2.24) is 5.32 Å². The second-order valence-corrected chi connectivity index (χ2v) is 11.1. The number of hydrogen-bond acceptors (Lipinski definition) is 3. The highest BCUT2D eigenvalue weighted by atomic mass is 28.3. The summed E-state index contributed by atoms with van der Waals surface area (Å²) in [6.07, 6.45) is 0.785. The van der Waals surface area contributed by atoms with Crippen molar-refractivity contribution in [3.63, 3.8) is 0 Å². The molecule has 3 rings (SSSR count). The SMILES string of the molecule is CC1(O)CNCC(CO[Si](c2ccccc2)c2ccc(C(C)(C)C)cc2)C1. The van der Waals surface area contributed by atoms with E-state index in [4.69, 9.17) is 4.43 Å². The summed E-state index contributed by atoms with van der Waals surface area (Å²) in [6, 6.07) is 19.5. The van der Waals surface area contributed by atoms with Gasteiger partial charge in [-0.05, 0) is 40.6 Å². The molecule has 3 nitrogen and oxygen atoms in total. The van der Waals surface area contributed by atoms with Crippen LogP contribution in [0.25, 0.3) is 0 Å². The molecule has 1 fully saturated rings. The molecule has 2 atom stereocenters. The van der Waals surface area contributed by atoms with Crippen LogP contribution in [0.4, 0.5) is 0 Å². The second kappa shape index (κ2) is 8.27. The first kappa shape index (κ1) is 20.3. The van der Waals surface area contributed by atoms with Gasteiger partial charge in [0.05, 0.1) is 5.60 Å². The second-order valence-electron chi connectivity index (χ2n) is 9.03. The van der Waals surface area contributed by atoms with E-state index in [-0.39, 0.29) is 5.41 Å². The summed E-state index contributed by atoms with van der Waals surface area (Å²) in [4.78, 5) is 0. The Morgan fingerprint density at radius 1 is 1.07 bits per heavy atom. The predicted molar refractivity (Wildman–Crippen MR) is 114 cm³/mol. The molecule has 1 heterocycles. The number of rotatable bonds is 5. The molecule has 0 saturated carbocycles. The van der Waals surface area contributed by atoms with Crippen molar-refractivity contribution >= 4 is 19.4 Å². The monoisotopic (exact) mass is 382 g/mol. The third-order valence-corrected chi connectivity index (χ3v) is 7.35. The molecule has 2 N–H and O–H groups in total. The molecular weight excluding hydrogens is 350 g/mol. The van der Waals surface area contributed by atoms with Crippen LogP contribution >= 0.6 is 0 Å². The fraction of sp³-hybridized carbons (Fsp3) is 0.478. The minimum atomic E-state index is -1.31. The van der Waals surface area contributed by atoms with Gasteiger partial charge in [0, 0.05) is 19.7 Å². The molecule has 27 heavy (non-hydrogen) atoms. The van der Waals surface area contributed by atoms with Crippen LogP contribution in [0.1, 0.15) is 39.7 Å². The molecule has 0 bridgehead atoms. The summed E-state index contributed by atoms with van der Waals surface area (Å²) < 4.78 is 6.52. The lowest BCUT2D eigenvalue weighted by Gasteiger charge is -2.35. The highest BCUT2D eigenvalue weighted by Gasteiger charge is 2.31.